The van der Waals surface area contributed by atoms with Crippen LogP contribution in [0.15, 0.2) is 4.34 Å². The number of hydrogen-bond acceptors (Lipinski definition) is 7. The van der Waals surface area contributed by atoms with Gasteiger partial charge in [0.15, 0.2) is 4.34 Å². The van der Waals surface area contributed by atoms with Crippen LogP contribution in [0.25, 0.3) is 0 Å². The molecule has 0 aliphatic carbocycles. The fourth-order valence-corrected chi connectivity index (χ4v) is 2.87. The standard InChI is InChI=1S/C10H17N5S2/c1-7(2)12-8(5-11)6-16-10-14-13-9(17-10)15(3)4/h7-8,12H,6H2,1-4H3. The smallest absolute Gasteiger partial charge is 0.208 e. The molecule has 17 heavy (non-hydrogen) atoms. The number of aromatic nitrogens is 2. The second-order valence-electron chi connectivity index (χ2n) is 4.06. The van der Waals surface area contributed by atoms with E-state index in [2.05, 4.69) is 21.6 Å². The number of rotatable bonds is 6. The maximum Gasteiger partial charge on any atom is 0.208 e. The van der Waals surface area contributed by atoms with Crippen LogP contribution in [0.1, 0.15) is 13.8 Å². The van der Waals surface area contributed by atoms with Gasteiger partial charge in [0, 0.05) is 25.9 Å². The van der Waals surface area contributed by atoms with Crippen molar-refractivity contribution in [2.24, 2.45) is 0 Å². The van der Waals surface area contributed by atoms with Crippen molar-refractivity contribution in [3.8, 4) is 6.07 Å². The van der Waals surface area contributed by atoms with Crippen LogP contribution in [0.3, 0.4) is 0 Å². The van der Waals surface area contributed by atoms with Crippen LogP contribution in [0.4, 0.5) is 5.13 Å². The van der Waals surface area contributed by atoms with Crippen molar-refractivity contribution in [3.63, 3.8) is 0 Å². The number of nitrogens with one attached hydrogen (secondary N) is 1. The molecule has 0 aliphatic rings. The summed E-state index contributed by atoms with van der Waals surface area (Å²) in [6.45, 7) is 4.06. The van der Waals surface area contributed by atoms with E-state index in [0.717, 1.165) is 9.47 Å². The maximum atomic E-state index is 8.98. The van der Waals surface area contributed by atoms with Crippen LogP contribution in [0.2, 0.25) is 0 Å². The van der Waals surface area contributed by atoms with Gasteiger partial charge in [0.05, 0.1) is 6.07 Å². The molecule has 1 N–H and O–H groups in total. The molecule has 1 aromatic heterocycles. The highest BCUT2D eigenvalue weighted by Gasteiger charge is 2.12. The lowest BCUT2D eigenvalue weighted by Gasteiger charge is -2.12. The Kier molecular flexibility index (Phi) is 5.68. The van der Waals surface area contributed by atoms with Crippen molar-refractivity contribution < 1.29 is 0 Å². The molecule has 0 radical (unpaired) electrons. The Morgan fingerprint density at radius 2 is 2.18 bits per heavy atom. The first kappa shape index (κ1) is 14.2. The van der Waals surface area contributed by atoms with Crippen LogP contribution in [0, 0.1) is 11.3 Å². The quantitative estimate of drug-likeness (QED) is 0.793. The predicted molar refractivity (Wildman–Crippen MR) is 72.6 cm³/mol. The van der Waals surface area contributed by atoms with Gasteiger partial charge in [-0.3, -0.25) is 5.32 Å². The van der Waals surface area contributed by atoms with Gasteiger partial charge in [-0.15, -0.1) is 10.2 Å². The molecule has 0 bridgehead atoms. The van der Waals surface area contributed by atoms with Crippen molar-refractivity contribution in [3.05, 3.63) is 0 Å². The Labute approximate surface area is 110 Å². The maximum absolute atomic E-state index is 8.98. The molecule has 5 nitrogen and oxygen atoms in total. The van der Waals surface area contributed by atoms with E-state index in [1.807, 2.05) is 32.8 Å². The van der Waals surface area contributed by atoms with Gasteiger partial charge in [0.2, 0.25) is 5.13 Å². The van der Waals surface area contributed by atoms with Crippen molar-refractivity contribution >= 4 is 28.2 Å². The van der Waals surface area contributed by atoms with Gasteiger partial charge in [-0.2, -0.15) is 5.26 Å². The van der Waals surface area contributed by atoms with Gasteiger partial charge in [-0.05, 0) is 13.8 Å². The molecule has 1 aromatic rings. The number of nitriles is 1. The number of nitrogens with zero attached hydrogens (tertiary/aromatic N) is 4. The lowest BCUT2D eigenvalue weighted by atomic mass is 10.3. The van der Waals surface area contributed by atoms with Gasteiger partial charge in [0.1, 0.15) is 6.04 Å². The summed E-state index contributed by atoms with van der Waals surface area (Å²) < 4.78 is 0.902. The van der Waals surface area contributed by atoms with E-state index in [4.69, 9.17) is 5.26 Å². The molecule has 0 amide bonds. The molecule has 0 saturated heterocycles. The minimum Gasteiger partial charge on any atom is -0.353 e. The largest absolute Gasteiger partial charge is 0.353 e. The van der Waals surface area contributed by atoms with Gasteiger partial charge >= 0.3 is 0 Å². The summed E-state index contributed by atoms with van der Waals surface area (Å²) in [5.41, 5.74) is 0. The van der Waals surface area contributed by atoms with Gasteiger partial charge < -0.3 is 4.90 Å². The summed E-state index contributed by atoms with van der Waals surface area (Å²) in [4.78, 5) is 1.93. The lowest BCUT2D eigenvalue weighted by molar-refractivity contribution is 0.560. The fraction of sp³-hybridized carbons (Fsp3) is 0.700. The molecule has 7 heteroatoms. The third kappa shape index (κ3) is 4.89. The molecule has 1 heterocycles. The monoisotopic (exact) mass is 271 g/mol. The van der Waals surface area contributed by atoms with E-state index in [-0.39, 0.29) is 6.04 Å². The van der Waals surface area contributed by atoms with Gasteiger partial charge in [-0.25, -0.2) is 0 Å². The lowest BCUT2D eigenvalue weighted by Crippen LogP contribution is -2.35. The normalized spacial score (nSPS) is 12.5. The Morgan fingerprint density at radius 1 is 1.47 bits per heavy atom. The first-order chi connectivity index (χ1) is 8.02. The highest BCUT2D eigenvalue weighted by Crippen LogP contribution is 2.27. The first-order valence-corrected chi connectivity index (χ1v) is 7.12. The zero-order chi connectivity index (χ0) is 12.8. The van der Waals surface area contributed by atoms with Crippen LogP contribution >= 0.6 is 23.1 Å². The molecule has 0 spiro atoms. The molecule has 0 saturated carbocycles. The van der Waals surface area contributed by atoms with Crippen LogP contribution in [-0.4, -0.2) is 42.1 Å². The van der Waals surface area contributed by atoms with Crippen LogP contribution in [-0.2, 0) is 0 Å². The summed E-state index contributed by atoms with van der Waals surface area (Å²) in [5, 5.41) is 21.2. The molecule has 0 aliphatic heterocycles. The number of hydrogen-bond donors (Lipinski definition) is 1. The number of thioether (sulfide) groups is 1. The Bertz CT molecular complexity index is 382. The van der Waals surface area contributed by atoms with Crippen molar-refractivity contribution in [2.75, 3.05) is 24.7 Å². The average Bonchev–Trinajstić information content (AvgIpc) is 2.72. The van der Waals surface area contributed by atoms with E-state index >= 15 is 0 Å². The van der Waals surface area contributed by atoms with Gasteiger partial charge in [0.25, 0.3) is 0 Å². The summed E-state index contributed by atoms with van der Waals surface area (Å²) in [6.07, 6.45) is 0. The molecular weight excluding hydrogens is 254 g/mol. The Hall–Kier alpha value is -0.840. The summed E-state index contributed by atoms with van der Waals surface area (Å²) in [7, 11) is 3.88. The van der Waals surface area contributed by atoms with E-state index < -0.39 is 0 Å². The molecular formula is C10H17N5S2. The molecule has 1 atom stereocenters. The van der Waals surface area contributed by atoms with Crippen LogP contribution < -0.4 is 10.2 Å². The molecule has 1 unspecified atom stereocenters. The van der Waals surface area contributed by atoms with E-state index in [1.165, 1.54) is 0 Å². The highest BCUT2D eigenvalue weighted by atomic mass is 32.2. The summed E-state index contributed by atoms with van der Waals surface area (Å²) in [5.74, 6) is 0.691. The first-order valence-electron chi connectivity index (χ1n) is 5.32. The summed E-state index contributed by atoms with van der Waals surface area (Å²) in [6, 6.07) is 2.41. The molecule has 0 aromatic carbocycles. The van der Waals surface area contributed by atoms with E-state index in [9.17, 15) is 0 Å². The minimum absolute atomic E-state index is 0.147. The fourth-order valence-electron chi connectivity index (χ4n) is 1.12. The average molecular weight is 271 g/mol. The molecule has 0 fully saturated rings. The Balaban J connectivity index is 2.46. The van der Waals surface area contributed by atoms with Crippen molar-refractivity contribution in [1.82, 2.24) is 15.5 Å². The van der Waals surface area contributed by atoms with Crippen molar-refractivity contribution in [2.45, 2.75) is 30.3 Å². The third-order valence-corrected chi connectivity index (χ3v) is 4.16. The molecule has 1 rings (SSSR count). The summed E-state index contributed by atoms with van der Waals surface area (Å²) >= 11 is 3.11. The predicted octanol–water partition coefficient (Wildman–Crippen LogP) is 1.59. The number of anilines is 1. The highest BCUT2D eigenvalue weighted by molar-refractivity contribution is 8.01. The second-order valence-corrected chi connectivity index (χ2v) is 6.28. The van der Waals surface area contributed by atoms with E-state index in [0.29, 0.717) is 11.8 Å². The molecule has 94 valence electrons. The topological polar surface area (TPSA) is 64.8 Å². The van der Waals surface area contributed by atoms with E-state index in [1.54, 1.807) is 23.1 Å². The SMILES string of the molecule is CC(C)NC(C#N)CSc1nnc(N(C)C)s1. The van der Waals surface area contributed by atoms with Gasteiger partial charge in [-0.1, -0.05) is 23.1 Å². The minimum atomic E-state index is -0.147. The Morgan fingerprint density at radius 3 is 2.65 bits per heavy atom. The second kappa shape index (κ2) is 6.79. The third-order valence-electron chi connectivity index (χ3n) is 1.84. The van der Waals surface area contributed by atoms with Crippen molar-refractivity contribution in [1.29, 1.82) is 5.26 Å². The zero-order valence-electron chi connectivity index (χ0n) is 10.5. The van der Waals surface area contributed by atoms with Crippen LogP contribution in [0.5, 0.6) is 0 Å². The zero-order valence-corrected chi connectivity index (χ0v) is 12.1.